The molecule has 0 saturated heterocycles. The third-order valence-corrected chi connectivity index (χ3v) is 8.49. The molecule has 0 aliphatic carbocycles. The van der Waals surface area contributed by atoms with E-state index in [1.165, 1.54) is 0 Å². The molecular weight excluding hydrogens is 560 g/mol. The Hall–Kier alpha value is -6.12. The quantitative estimate of drug-likeness (QED) is 0.188. The van der Waals surface area contributed by atoms with Gasteiger partial charge in [-0.25, -0.2) is 0 Å². The summed E-state index contributed by atoms with van der Waals surface area (Å²) in [6, 6.07) is 7.75. The maximum Gasteiger partial charge on any atom is 0.147 e. The SMILES string of the molecule is [2H]c1c([2H])c([2H])c2c(-c3c4c([2H])c([2H])c([2H])c([2H])c4c(-c4cccc5c4oc4c5ccc5occ(-c6ccccc6)c54)c4c([2H])c([2H])c([2H])c([2H])c34)c([2H])c([2H])c([2H])c2c1[2H]. The first-order valence-electron chi connectivity index (χ1n) is 22.0. The molecule has 8 aromatic carbocycles. The van der Waals surface area contributed by atoms with Crippen LogP contribution in [0.4, 0.5) is 0 Å². The van der Waals surface area contributed by atoms with Crippen LogP contribution < -0.4 is 0 Å². The summed E-state index contributed by atoms with van der Waals surface area (Å²) in [7, 11) is 0. The molecule has 0 N–H and O–H groups in total. The van der Waals surface area contributed by atoms with Crippen LogP contribution in [-0.4, -0.2) is 0 Å². The zero-order chi connectivity index (χ0) is 43.2. The zero-order valence-electron chi connectivity index (χ0n) is 38.7. The van der Waals surface area contributed by atoms with Crippen molar-refractivity contribution in [3.05, 3.63) is 158 Å². The standard InChI is InChI=1S/C44H26O2/c1-2-12-28(13-3-1)38-26-45-39-25-24-36-35-22-11-23-37(43(35)46-44(36)42(38)39)41-33-19-8-6-17-31(33)40(32-18-7-9-20-34(32)41)30-21-10-15-27-14-4-5-16-29(27)30/h1-26H/i4D,5D,6D,7D,8D,9D,10D,14D,15D,16D,17D,18D,19D,20D,21D. The van der Waals surface area contributed by atoms with E-state index in [2.05, 4.69) is 0 Å². The average molecular weight is 602 g/mol. The first-order chi connectivity index (χ1) is 29.1. The van der Waals surface area contributed by atoms with Crippen molar-refractivity contribution in [2.75, 3.05) is 0 Å². The van der Waals surface area contributed by atoms with Gasteiger partial charge < -0.3 is 8.83 Å². The third-order valence-electron chi connectivity index (χ3n) is 8.49. The van der Waals surface area contributed by atoms with Gasteiger partial charge in [-0.2, -0.15) is 0 Å². The Balaban J connectivity index is 1.49. The van der Waals surface area contributed by atoms with Crippen molar-refractivity contribution in [3.63, 3.8) is 0 Å². The van der Waals surface area contributed by atoms with Gasteiger partial charge in [-0.3, -0.25) is 0 Å². The van der Waals surface area contributed by atoms with Gasteiger partial charge in [0.15, 0.2) is 0 Å². The van der Waals surface area contributed by atoms with E-state index in [-0.39, 0.29) is 43.8 Å². The number of hydrogen-bond donors (Lipinski definition) is 0. The predicted octanol–water partition coefficient (Wildman–Crippen LogP) is 12.8. The highest BCUT2D eigenvalue weighted by atomic mass is 16.3. The smallest absolute Gasteiger partial charge is 0.147 e. The Labute approximate surface area is 285 Å². The highest BCUT2D eigenvalue weighted by Gasteiger charge is 2.22. The number of fused-ring (bicyclic) bond motifs is 8. The lowest BCUT2D eigenvalue weighted by atomic mass is 9.84. The van der Waals surface area contributed by atoms with Crippen LogP contribution in [0.15, 0.2) is 166 Å². The molecule has 2 aromatic heterocycles. The fourth-order valence-corrected chi connectivity index (χ4v) is 6.55. The maximum atomic E-state index is 9.47. The minimum absolute atomic E-state index is 0.0509. The maximum absolute atomic E-state index is 9.47. The second-order valence-corrected chi connectivity index (χ2v) is 10.9. The van der Waals surface area contributed by atoms with E-state index < -0.39 is 107 Å². The fraction of sp³-hybridized carbons (Fsp3) is 0. The number of para-hydroxylation sites is 1. The van der Waals surface area contributed by atoms with Crippen LogP contribution in [0.5, 0.6) is 0 Å². The summed E-state index contributed by atoms with van der Waals surface area (Å²) in [5.74, 6) is 0. The summed E-state index contributed by atoms with van der Waals surface area (Å²) in [5, 5.41) is -0.129. The molecule has 0 saturated carbocycles. The first kappa shape index (κ1) is 14.8. The van der Waals surface area contributed by atoms with Crippen molar-refractivity contribution in [1.82, 2.24) is 0 Å². The van der Waals surface area contributed by atoms with Crippen molar-refractivity contribution in [2.45, 2.75) is 0 Å². The van der Waals surface area contributed by atoms with E-state index in [4.69, 9.17) is 22.5 Å². The average Bonchev–Trinajstić information content (AvgIpc) is 3.88. The van der Waals surface area contributed by atoms with Gasteiger partial charge in [-0.15, -0.1) is 0 Å². The normalized spacial score (nSPS) is 16.5. The molecule has 46 heavy (non-hydrogen) atoms. The molecule has 2 heteroatoms. The van der Waals surface area contributed by atoms with Gasteiger partial charge in [0.1, 0.15) is 16.7 Å². The molecule has 0 fully saturated rings. The van der Waals surface area contributed by atoms with Crippen molar-refractivity contribution >= 4 is 65.2 Å². The predicted molar refractivity (Wildman–Crippen MR) is 192 cm³/mol. The molecule has 0 unspecified atom stereocenters. The van der Waals surface area contributed by atoms with E-state index in [1.54, 1.807) is 30.5 Å². The lowest BCUT2D eigenvalue weighted by Crippen LogP contribution is -1.91. The molecule has 0 aliphatic rings. The molecule has 2 heterocycles. The van der Waals surface area contributed by atoms with Gasteiger partial charge in [-0.1, -0.05) is 139 Å². The largest absolute Gasteiger partial charge is 0.464 e. The third kappa shape index (κ3) is 3.53. The Kier molecular flexibility index (Phi) is 3.11. The monoisotopic (exact) mass is 601 g/mol. The Morgan fingerprint density at radius 1 is 0.435 bits per heavy atom. The Morgan fingerprint density at radius 2 is 1.07 bits per heavy atom. The van der Waals surface area contributed by atoms with Crippen molar-refractivity contribution in [1.29, 1.82) is 0 Å². The highest BCUT2D eigenvalue weighted by Crippen LogP contribution is 2.48. The van der Waals surface area contributed by atoms with Crippen molar-refractivity contribution in [3.8, 4) is 33.4 Å². The lowest BCUT2D eigenvalue weighted by molar-refractivity contribution is 0.616. The number of furan rings is 2. The summed E-state index contributed by atoms with van der Waals surface area (Å²) >= 11 is 0. The summed E-state index contributed by atoms with van der Waals surface area (Å²) in [5.41, 5.74) is 2.08. The summed E-state index contributed by atoms with van der Waals surface area (Å²) < 4.78 is 148. The molecule has 0 bridgehead atoms. The topological polar surface area (TPSA) is 26.3 Å². The van der Waals surface area contributed by atoms with Gasteiger partial charge in [0, 0.05) is 27.5 Å². The van der Waals surface area contributed by atoms with Crippen molar-refractivity contribution in [2.24, 2.45) is 0 Å². The van der Waals surface area contributed by atoms with E-state index in [0.717, 1.165) is 11.1 Å². The van der Waals surface area contributed by atoms with Crippen LogP contribution in [0, 0.1) is 0 Å². The van der Waals surface area contributed by atoms with E-state index in [1.807, 2.05) is 36.4 Å². The summed E-state index contributed by atoms with van der Waals surface area (Å²) in [6.07, 6.45) is 1.63. The molecule has 214 valence electrons. The van der Waals surface area contributed by atoms with Crippen LogP contribution in [0.2, 0.25) is 0 Å². The second kappa shape index (κ2) is 9.69. The molecular formula is C44H26O2. The van der Waals surface area contributed by atoms with Crippen LogP contribution in [-0.2, 0) is 0 Å². The second-order valence-electron chi connectivity index (χ2n) is 10.9. The highest BCUT2D eigenvalue weighted by molar-refractivity contribution is 6.27. The van der Waals surface area contributed by atoms with E-state index in [9.17, 15) is 6.85 Å². The molecule has 10 aromatic rings. The number of benzene rings is 8. The molecule has 0 atom stereocenters. The summed E-state index contributed by atoms with van der Waals surface area (Å²) in [4.78, 5) is 0. The molecule has 10 rings (SSSR count). The van der Waals surface area contributed by atoms with Gasteiger partial charge >= 0.3 is 0 Å². The zero-order valence-corrected chi connectivity index (χ0v) is 23.7. The van der Waals surface area contributed by atoms with Crippen LogP contribution >= 0.6 is 0 Å². The molecule has 0 aliphatic heterocycles. The van der Waals surface area contributed by atoms with Crippen LogP contribution in [0.25, 0.3) is 98.6 Å². The molecule has 0 radical (unpaired) electrons. The molecule has 2 nitrogen and oxygen atoms in total. The minimum Gasteiger partial charge on any atom is -0.464 e. The number of rotatable bonds is 3. The summed E-state index contributed by atoms with van der Waals surface area (Å²) in [6.45, 7) is 0. The Morgan fingerprint density at radius 3 is 1.80 bits per heavy atom. The minimum atomic E-state index is -0.771. The first-order valence-corrected chi connectivity index (χ1v) is 14.5. The number of hydrogen-bond acceptors (Lipinski definition) is 2. The molecule has 0 amide bonds. The Bertz CT molecular complexity index is 3560. The van der Waals surface area contributed by atoms with E-state index >= 15 is 0 Å². The van der Waals surface area contributed by atoms with Gasteiger partial charge in [-0.05, 0) is 61.1 Å². The van der Waals surface area contributed by atoms with Crippen LogP contribution in [0.1, 0.15) is 20.6 Å². The lowest BCUT2D eigenvalue weighted by Gasteiger charge is -2.18. The fourth-order valence-electron chi connectivity index (χ4n) is 6.55. The van der Waals surface area contributed by atoms with Gasteiger partial charge in [0.25, 0.3) is 0 Å². The van der Waals surface area contributed by atoms with E-state index in [0.29, 0.717) is 27.3 Å². The van der Waals surface area contributed by atoms with Crippen molar-refractivity contribution < 1.29 is 29.4 Å². The van der Waals surface area contributed by atoms with Crippen LogP contribution in [0.3, 0.4) is 0 Å². The molecule has 0 spiro atoms. The van der Waals surface area contributed by atoms with Gasteiger partial charge in [0.2, 0.25) is 0 Å². The van der Waals surface area contributed by atoms with Gasteiger partial charge in [0.05, 0.1) is 32.2 Å².